The molecule has 1 saturated heterocycles. The second-order valence-corrected chi connectivity index (χ2v) is 6.10. The smallest absolute Gasteiger partial charge is 0.123 e. The van der Waals surface area contributed by atoms with E-state index in [1.54, 1.807) is 16.8 Å². The first kappa shape index (κ1) is 15.2. The Hall–Kier alpha value is -1.72. The van der Waals surface area contributed by atoms with Gasteiger partial charge >= 0.3 is 0 Å². The average molecular weight is 303 g/mol. The molecule has 0 aliphatic carbocycles. The molecule has 0 unspecified atom stereocenters. The lowest BCUT2D eigenvalue weighted by molar-refractivity contribution is 0.00672. The molecular formula is C17H22FN3O. The van der Waals surface area contributed by atoms with Crippen LogP contribution in [0.4, 0.5) is 4.39 Å². The molecule has 2 aromatic rings. The largest absolute Gasteiger partial charge is 0.391 e. The summed E-state index contributed by atoms with van der Waals surface area (Å²) in [6, 6.07) is 6.64. The Morgan fingerprint density at radius 3 is 2.73 bits per heavy atom. The van der Waals surface area contributed by atoms with Crippen molar-refractivity contribution in [2.45, 2.75) is 38.0 Å². The maximum Gasteiger partial charge on any atom is 0.123 e. The molecule has 1 aliphatic rings. The summed E-state index contributed by atoms with van der Waals surface area (Å²) in [5, 5.41) is 14.6. The normalized spacial score (nSPS) is 22.9. The number of likely N-dealkylation sites (tertiary alicyclic amines) is 1. The van der Waals surface area contributed by atoms with Crippen molar-refractivity contribution in [3.05, 3.63) is 53.6 Å². The molecule has 1 aromatic carbocycles. The van der Waals surface area contributed by atoms with Gasteiger partial charge in [0.05, 0.1) is 12.3 Å². The van der Waals surface area contributed by atoms with E-state index in [4.69, 9.17) is 0 Å². The number of aromatic nitrogens is 2. The number of hydrogen-bond donors (Lipinski definition) is 1. The molecule has 1 fully saturated rings. The molecule has 118 valence electrons. The topological polar surface area (TPSA) is 41.3 Å². The number of hydrogen-bond acceptors (Lipinski definition) is 3. The lowest BCUT2D eigenvalue weighted by Crippen LogP contribution is -2.48. The van der Waals surface area contributed by atoms with Crippen molar-refractivity contribution >= 4 is 0 Å². The van der Waals surface area contributed by atoms with Crippen molar-refractivity contribution in [3.8, 4) is 0 Å². The van der Waals surface area contributed by atoms with Crippen LogP contribution in [0.25, 0.3) is 0 Å². The molecule has 2 heterocycles. The summed E-state index contributed by atoms with van der Waals surface area (Å²) in [4.78, 5) is 2.31. The summed E-state index contributed by atoms with van der Waals surface area (Å²) >= 11 is 0. The van der Waals surface area contributed by atoms with Crippen LogP contribution in [0.2, 0.25) is 0 Å². The molecule has 2 atom stereocenters. The molecule has 0 spiro atoms. The number of halogens is 1. The van der Waals surface area contributed by atoms with E-state index in [9.17, 15) is 9.50 Å². The zero-order chi connectivity index (χ0) is 15.5. The molecule has 0 radical (unpaired) electrons. The second-order valence-electron chi connectivity index (χ2n) is 6.10. The maximum absolute atomic E-state index is 13.0. The van der Waals surface area contributed by atoms with Crippen LogP contribution in [0.1, 0.15) is 24.0 Å². The number of aliphatic hydroxyl groups excluding tert-OH is 1. The quantitative estimate of drug-likeness (QED) is 0.941. The van der Waals surface area contributed by atoms with E-state index < -0.39 is 0 Å². The third kappa shape index (κ3) is 3.54. The predicted molar refractivity (Wildman–Crippen MR) is 82.8 cm³/mol. The number of benzene rings is 1. The minimum atomic E-state index is -0.338. The molecule has 1 N–H and O–H groups in total. The van der Waals surface area contributed by atoms with Gasteiger partial charge in [-0.3, -0.25) is 9.58 Å². The van der Waals surface area contributed by atoms with E-state index in [0.29, 0.717) is 0 Å². The van der Waals surface area contributed by atoms with Crippen LogP contribution in [0.15, 0.2) is 36.7 Å². The van der Waals surface area contributed by atoms with Crippen molar-refractivity contribution in [2.75, 3.05) is 6.54 Å². The summed E-state index contributed by atoms with van der Waals surface area (Å²) in [6.45, 7) is 1.76. The third-order valence-corrected chi connectivity index (χ3v) is 4.36. The third-order valence-electron chi connectivity index (χ3n) is 4.36. The average Bonchev–Trinajstić information content (AvgIpc) is 2.90. The van der Waals surface area contributed by atoms with Crippen LogP contribution >= 0.6 is 0 Å². The minimum absolute atomic E-state index is 0.0689. The van der Waals surface area contributed by atoms with Gasteiger partial charge in [-0.25, -0.2) is 4.39 Å². The number of nitrogens with zero attached hydrogens (tertiary/aromatic N) is 3. The fourth-order valence-corrected chi connectivity index (χ4v) is 3.22. The summed E-state index contributed by atoms with van der Waals surface area (Å²) < 4.78 is 14.8. The zero-order valence-electron chi connectivity index (χ0n) is 12.8. The second kappa shape index (κ2) is 6.58. The van der Waals surface area contributed by atoms with Crippen LogP contribution in [0, 0.1) is 5.82 Å². The van der Waals surface area contributed by atoms with Gasteiger partial charge in [-0.2, -0.15) is 5.10 Å². The van der Waals surface area contributed by atoms with E-state index >= 15 is 0 Å². The predicted octanol–water partition coefficient (Wildman–Crippen LogP) is 2.13. The minimum Gasteiger partial charge on any atom is -0.391 e. The van der Waals surface area contributed by atoms with E-state index in [1.807, 2.05) is 19.4 Å². The molecule has 5 heteroatoms. The Kier molecular flexibility index (Phi) is 4.55. The Morgan fingerprint density at radius 2 is 2.05 bits per heavy atom. The van der Waals surface area contributed by atoms with Gasteiger partial charge in [0.25, 0.3) is 0 Å². The lowest BCUT2D eigenvalue weighted by Gasteiger charge is -2.39. The first-order chi connectivity index (χ1) is 10.6. The van der Waals surface area contributed by atoms with Gasteiger partial charge in [-0.05, 0) is 43.5 Å². The number of piperidine rings is 1. The number of rotatable bonds is 4. The Morgan fingerprint density at radius 1 is 1.27 bits per heavy atom. The molecule has 1 aromatic heterocycles. The highest BCUT2D eigenvalue weighted by Gasteiger charge is 2.30. The van der Waals surface area contributed by atoms with Crippen LogP contribution in [-0.4, -0.2) is 38.5 Å². The lowest BCUT2D eigenvalue weighted by atomic mass is 9.92. The summed E-state index contributed by atoms with van der Waals surface area (Å²) in [7, 11) is 1.91. The van der Waals surface area contributed by atoms with Crippen LogP contribution in [0.3, 0.4) is 0 Å². The van der Waals surface area contributed by atoms with Crippen molar-refractivity contribution in [1.29, 1.82) is 0 Å². The van der Waals surface area contributed by atoms with Crippen molar-refractivity contribution in [1.82, 2.24) is 14.7 Å². The van der Waals surface area contributed by atoms with Gasteiger partial charge in [0.2, 0.25) is 0 Å². The van der Waals surface area contributed by atoms with Gasteiger partial charge in [-0.15, -0.1) is 0 Å². The van der Waals surface area contributed by atoms with Crippen LogP contribution < -0.4 is 0 Å². The molecule has 4 nitrogen and oxygen atoms in total. The van der Waals surface area contributed by atoms with E-state index in [2.05, 4.69) is 10.00 Å². The number of aliphatic hydroxyl groups is 1. The Balaban J connectivity index is 1.73. The highest BCUT2D eigenvalue weighted by molar-refractivity contribution is 5.18. The van der Waals surface area contributed by atoms with Crippen LogP contribution in [-0.2, 0) is 20.0 Å². The first-order valence-electron chi connectivity index (χ1n) is 7.76. The fraction of sp³-hybridized carbons (Fsp3) is 0.471. The SMILES string of the molecule is Cn1cc(CN2CCC[C@H](O)[C@@H]2Cc2ccc(F)cc2)cn1. The number of aryl methyl sites for hydroxylation is 1. The highest BCUT2D eigenvalue weighted by atomic mass is 19.1. The monoisotopic (exact) mass is 303 g/mol. The fourth-order valence-electron chi connectivity index (χ4n) is 3.22. The zero-order valence-corrected chi connectivity index (χ0v) is 12.8. The molecule has 0 saturated carbocycles. The van der Waals surface area contributed by atoms with Gasteiger partial charge < -0.3 is 5.11 Å². The molecule has 22 heavy (non-hydrogen) atoms. The molecule has 3 rings (SSSR count). The van der Waals surface area contributed by atoms with Crippen molar-refractivity contribution in [3.63, 3.8) is 0 Å². The molecular weight excluding hydrogens is 281 g/mol. The van der Waals surface area contributed by atoms with Crippen molar-refractivity contribution in [2.24, 2.45) is 7.05 Å². The van der Waals surface area contributed by atoms with Gasteiger partial charge in [-0.1, -0.05) is 12.1 Å². The van der Waals surface area contributed by atoms with E-state index in [1.165, 1.54) is 12.1 Å². The summed E-state index contributed by atoms with van der Waals surface area (Å²) in [5.41, 5.74) is 2.21. The molecule has 0 bridgehead atoms. The Bertz CT molecular complexity index is 611. The first-order valence-corrected chi connectivity index (χ1v) is 7.76. The summed E-state index contributed by atoms with van der Waals surface area (Å²) in [5.74, 6) is -0.222. The molecule has 1 aliphatic heterocycles. The van der Waals surface area contributed by atoms with Gasteiger partial charge in [0.1, 0.15) is 5.82 Å². The standard InChI is InChI=1S/C17H22FN3O/c1-20-11-14(10-19-20)12-21-8-2-3-17(22)16(21)9-13-4-6-15(18)7-5-13/h4-7,10-11,16-17,22H,2-3,8-9,12H2,1H3/t16-,17-/m0/s1. The van der Waals surface area contributed by atoms with Gasteiger partial charge in [0.15, 0.2) is 0 Å². The Labute approximate surface area is 130 Å². The van der Waals surface area contributed by atoms with E-state index in [0.717, 1.165) is 43.5 Å². The van der Waals surface area contributed by atoms with Crippen LogP contribution in [0.5, 0.6) is 0 Å². The summed E-state index contributed by atoms with van der Waals surface area (Å²) in [6.07, 6.45) is 6.11. The highest BCUT2D eigenvalue weighted by Crippen LogP contribution is 2.23. The van der Waals surface area contributed by atoms with Gasteiger partial charge in [0, 0.05) is 31.4 Å². The molecule has 0 amide bonds. The maximum atomic E-state index is 13.0. The van der Waals surface area contributed by atoms with E-state index in [-0.39, 0.29) is 18.0 Å². The van der Waals surface area contributed by atoms with Crippen molar-refractivity contribution < 1.29 is 9.50 Å².